The molecule has 1 aliphatic heterocycles. The van der Waals surface area contributed by atoms with Crippen molar-refractivity contribution in [3.8, 4) is 0 Å². The fourth-order valence-electron chi connectivity index (χ4n) is 2.16. The number of carbonyl (C=O) groups is 2. The highest BCUT2D eigenvalue weighted by molar-refractivity contribution is 6.27. The number of rotatable bonds is 5. The molecule has 1 fully saturated rings. The third-order valence-electron chi connectivity index (χ3n) is 3.22. The SMILES string of the molecule is C=C(c1ccco1)N1CC(C(=O)C=O)N(CC)C1. The predicted octanol–water partition coefficient (Wildman–Crippen LogP) is 0.982. The van der Waals surface area contributed by atoms with Crippen LogP contribution in [0.5, 0.6) is 0 Å². The first-order valence-corrected chi connectivity index (χ1v) is 5.88. The van der Waals surface area contributed by atoms with Crippen LogP contribution < -0.4 is 0 Å². The molecule has 0 spiro atoms. The molecule has 0 radical (unpaired) electrons. The summed E-state index contributed by atoms with van der Waals surface area (Å²) in [6, 6.07) is 3.25. The van der Waals surface area contributed by atoms with Gasteiger partial charge in [-0.05, 0) is 18.7 Å². The van der Waals surface area contributed by atoms with Gasteiger partial charge in [-0.15, -0.1) is 0 Å². The molecule has 2 heterocycles. The van der Waals surface area contributed by atoms with Crippen LogP contribution in [0.2, 0.25) is 0 Å². The van der Waals surface area contributed by atoms with Gasteiger partial charge in [-0.1, -0.05) is 13.5 Å². The summed E-state index contributed by atoms with van der Waals surface area (Å²) in [6.07, 6.45) is 1.98. The maximum absolute atomic E-state index is 11.5. The van der Waals surface area contributed by atoms with E-state index in [0.29, 0.717) is 31.8 Å². The summed E-state index contributed by atoms with van der Waals surface area (Å²) in [5.41, 5.74) is 0.736. The molecule has 5 nitrogen and oxygen atoms in total. The first-order valence-electron chi connectivity index (χ1n) is 5.88. The Kier molecular flexibility index (Phi) is 3.62. The normalized spacial score (nSPS) is 20.1. The van der Waals surface area contributed by atoms with Gasteiger partial charge in [0.05, 0.1) is 24.7 Å². The van der Waals surface area contributed by atoms with Crippen molar-refractivity contribution in [1.82, 2.24) is 9.80 Å². The lowest BCUT2D eigenvalue weighted by Crippen LogP contribution is -2.38. The van der Waals surface area contributed by atoms with E-state index in [2.05, 4.69) is 6.58 Å². The molecule has 0 bridgehead atoms. The lowest BCUT2D eigenvalue weighted by molar-refractivity contribution is -0.132. The van der Waals surface area contributed by atoms with Gasteiger partial charge < -0.3 is 9.32 Å². The van der Waals surface area contributed by atoms with Crippen molar-refractivity contribution in [3.05, 3.63) is 30.7 Å². The molecule has 1 unspecified atom stereocenters. The molecule has 1 saturated heterocycles. The van der Waals surface area contributed by atoms with Crippen LogP contribution in [0.3, 0.4) is 0 Å². The zero-order chi connectivity index (χ0) is 13.1. The lowest BCUT2D eigenvalue weighted by atomic mass is 10.2. The maximum Gasteiger partial charge on any atom is 0.214 e. The monoisotopic (exact) mass is 248 g/mol. The number of hydrogen-bond donors (Lipinski definition) is 0. The highest BCUT2D eigenvalue weighted by Gasteiger charge is 2.35. The first kappa shape index (κ1) is 12.6. The van der Waals surface area contributed by atoms with Crippen molar-refractivity contribution >= 4 is 17.8 Å². The summed E-state index contributed by atoms with van der Waals surface area (Å²) in [4.78, 5) is 26.1. The summed E-state index contributed by atoms with van der Waals surface area (Å²) in [5.74, 6) is 0.303. The molecular formula is C13H16N2O3. The molecule has 0 N–H and O–H groups in total. The van der Waals surface area contributed by atoms with Crippen LogP contribution >= 0.6 is 0 Å². The van der Waals surface area contributed by atoms with Gasteiger partial charge >= 0.3 is 0 Å². The smallest absolute Gasteiger partial charge is 0.214 e. The van der Waals surface area contributed by atoms with E-state index >= 15 is 0 Å². The van der Waals surface area contributed by atoms with Crippen LogP contribution in [0.4, 0.5) is 0 Å². The molecule has 1 aliphatic rings. The van der Waals surface area contributed by atoms with Crippen LogP contribution in [0.25, 0.3) is 5.70 Å². The molecule has 1 aromatic rings. The molecule has 5 heteroatoms. The predicted molar refractivity (Wildman–Crippen MR) is 66.6 cm³/mol. The number of hydrogen-bond acceptors (Lipinski definition) is 5. The second kappa shape index (κ2) is 5.18. The second-order valence-electron chi connectivity index (χ2n) is 4.23. The zero-order valence-corrected chi connectivity index (χ0v) is 10.3. The van der Waals surface area contributed by atoms with E-state index in [0.717, 1.165) is 5.70 Å². The minimum Gasteiger partial charge on any atom is -0.463 e. The molecule has 2 rings (SSSR count). The van der Waals surface area contributed by atoms with Crippen molar-refractivity contribution in [2.24, 2.45) is 0 Å². The van der Waals surface area contributed by atoms with E-state index in [9.17, 15) is 9.59 Å². The van der Waals surface area contributed by atoms with E-state index in [1.807, 2.05) is 22.8 Å². The van der Waals surface area contributed by atoms with E-state index in [1.54, 1.807) is 12.3 Å². The summed E-state index contributed by atoms with van der Waals surface area (Å²) in [7, 11) is 0. The minimum absolute atomic E-state index is 0.376. The van der Waals surface area contributed by atoms with Crippen molar-refractivity contribution in [1.29, 1.82) is 0 Å². The second-order valence-corrected chi connectivity index (χ2v) is 4.23. The number of nitrogens with zero attached hydrogens (tertiary/aromatic N) is 2. The van der Waals surface area contributed by atoms with Crippen LogP contribution in [0, 0.1) is 0 Å². The van der Waals surface area contributed by atoms with Gasteiger partial charge in [0.15, 0.2) is 6.29 Å². The van der Waals surface area contributed by atoms with Crippen molar-refractivity contribution in [2.75, 3.05) is 19.8 Å². The quantitative estimate of drug-likeness (QED) is 0.574. The summed E-state index contributed by atoms with van der Waals surface area (Å²) in [5, 5.41) is 0. The Morgan fingerprint density at radius 1 is 1.67 bits per heavy atom. The van der Waals surface area contributed by atoms with Gasteiger partial charge in [0.2, 0.25) is 5.78 Å². The molecule has 96 valence electrons. The number of likely N-dealkylation sites (N-methyl/N-ethyl adjacent to an activating group) is 1. The number of carbonyl (C=O) groups excluding carboxylic acids is 2. The van der Waals surface area contributed by atoms with E-state index in [4.69, 9.17) is 4.42 Å². The average molecular weight is 248 g/mol. The van der Waals surface area contributed by atoms with Crippen molar-refractivity contribution in [3.63, 3.8) is 0 Å². The third-order valence-corrected chi connectivity index (χ3v) is 3.22. The standard InChI is InChI=1S/C13H16N2O3/c1-3-14-9-15(7-11(14)12(17)8-16)10(2)13-5-4-6-18-13/h4-6,8,11H,2-3,7,9H2,1H3. The number of Topliss-reactive ketones (excluding diaryl/α,β-unsaturated/α-hetero) is 1. The van der Waals surface area contributed by atoms with Crippen molar-refractivity contribution in [2.45, 2.75) is 13.0 Å². The van der Waals surface area contributed by atoms with E-state index in [-0.39, 0.29) is 11.8 Å². The van der Waals surface area contributed by atoms with Gasteiger partial charge in [0.1, 0.15) is 5.76 Å². The average Bonchev–Trinajstić information content (AvgIpc) is 3.05. The fourth-order valence-corrected chi connectivity index (χ4v) is 2.16. The lowest BCUT2D eigenvalue weighted by Gasteiger charge is -2.19. The zero-order valence-electron chi connectivity index (χ0n) is 10.3. The van der Waals surface area contributed by atoms with Gasteiger partial charge in [0, 0.05) is 6.54 Å². The van der Waals surface area contributed by atoms with Gasteiger partial charge in [0.25, 0.3) is 0 Å². The minimum atomic E-state index is -0.383. The van der Waals surface area contributed by atoms with Crippen LogP contribution in [-0.4, -0.2) is 47.7 Å². The molecule has 0 aliphatic carbocycles. The van der Waals surface area contributed by atoms with Gasteiger partial charge in [-0.2, -0.15) is 0 Å². The molecule has 1 aromatic heterocycles. The van der Waals surface area contributed by atoms with Crippen LogP contribution in [0.1, 0.15) is 12.7 Å². The molecule has 1 atom stereocenters. The molecule has 0 aromatic carbocycles. The van der Waals surface area contributed by atoms with E-state index in [1.165, 1.54) is 0 Å². The Morgan fingerprint density at radius 3 is 3.00 bits per heavy atom. The van der Waals surface area contributed by atoms with Crippen LogP contribution in [-0.2, 0) is 9.59 Å². The molecule has 18 heavy (non-hydrogen) atoms. The molecule has 0 amide bonds. The fraction of sp³-hybridized carbons (Fsp3) is 0.385. The number of aldehydes is 1. The largest absolute Gasteiger partial charge is 0.463 e. The summed E-state index contributed by atoms with van der Waals surface area (Å²) < 4.78 is 5.28. The Labute approximate surface area is 106 Å². The van der Waals surface area contributed by atoms with Gasteiger partial charge in [-0.25, -0.2) is 0 Å². The Hall–Kier alpha value is -1.88. The highest BCUT2D eigenvalue weighted by atomic mass is 16.3. The van der Waals surface area contributed by atoms with Crippen LogP contribution in [0.15, 0.2) is 29.4 Å². The third kappa shape index (κ3) is 2.22. The summed E-state index contributed by atoms with van der Waals surface area (Å²) >= 11 is 0. The summed E-state index contributed by atoms with van der Waals surface area (Å²) in [6.45, 7) is 7.71. The molecule has 0 saturated carbocycles. The first-order chi connectivity index (χ1) is 8.67. The Morgan fingerprint density at radius 2 is 2.44 bits per heavy atom. The van der Waals surface area contributed by atoms with E-state index < -0.39 is 0 Å². The number of ketones is 1. The topological polar surface area (TPSA) is 53.8 Å². The Bertz CT molecular complexity index is 453. The van der Waals surface area contributed by atoms with Gasteiger partial charge in [-0.3, -0.25) is 14.5 Å². The van der Waals surface area contributed by atoms with Crippen molar-refractivity contribution < 1.29 is 14.0 Å². The highest BCUT2D eigenvalue weighted by Crippen LogP contribution is 2.24. The maximum atomic E-state index is 11.5. The Balaban J connectivity index is 2.11. The number of furan rings is 1. The molecular weight excluding hydrogens is 232 g/mol.